The molecule has 2 N–H and O–H groups in total. The Kier molecular flexibility index (Phi) is 1.86. The van der Waals surface area contributed by atoms with E-state index in [-0.39, 0.29) is 0 Å². The van der Waals surface area contributed by atoms with Gasteiger partial charge < -0.3 is 10.1 Å². The number of nitrogens with two attached hydrogens (primary N) is 1. The fraction of sp³-hybridized carbons (Fsp3) is 0.125. The SMILES string of the molecule is NCc1cn2cc(Br)ccc2n1. The molecule has 3 nitrogen and oxygen atoms in total. The van der Waals surface area contributed by atoms with Gasteiger partial charge in [-0.25, -0.2) is 4.98 Å². The maximum atomic E-state index is 5.46. The van der Waals surface area contributed by atoms with Crippen LogP contribution in [0.4, 0.5) is 0 Å². The molecule has 0 bridgehead atoms. The molecule has 0 saturated carbocycles. The summed E-state index contributed by atoms with van der Waals surface area (Å²) in [6, 6.07) is 3.91. The Morgan fingerprint density at radius 3 is 3.00 bits per heavy atom. The van der Waals surface area contributed by atoms with Crippen molar-refractivity contribution in [3.63, 3.8) is 0 Å². The normalized spacial score (nSPS) is 10.8. The third-order valence-electron chi connectivity index (χ3n) is 1.67. The zero-order valence-electron chi connectivity index (χ0n) is 6.37. The lowest BCUT2D eigenvalue weighted by atomic mass is 10.5. The van der Waals surface area contributed by atoms with Crippen LogP contribution < -0.4 is 5.73 Å². The maximum Gasteiger partial charge on any atom is 0.137 e. The quantitative estimate of drug-likeness (QED) is 0.801. The highest BCUT2D eigenvalue weighted by Crippen LogP contribution is 2.11. The van der Waals surface area contributed by atoms with E-state index in [0.29, 0.717) is 6.54 Å². The van der Waals surface area contributed by atoms with Crippen molar-refractivity contribution in [3.05, 3.63) is 34.7 Å². The summed E-state index contributed by atoms with van der Waals surface area (Å²) >= 11 is 3.38. The molecule has 2 aromatic rings. The second-order valence-electron chi connectivity index (χ2n) is 2.55. The topological polar surface area (TPSA) is 43.3 Å². The molecule has 2 aromatic heterocycles. The van der Waals surface area contributed by atoms with Gasteiger partial charge in [-0.05, 0) is 28.1 Å². The molecule has 62 valence electrons. The van der Waals surface area contributed by atoms with Gasteiger partial charge in [0.15, 0.2) is 0 Å². The molecule has 0 aliphatic heterocycles. The highest BCUT2D eigenvalue weighted by atomic mass is 79.9. The van der Waals surface area contributed by atoms with Gasteiger partial charge in [-0.15, -0.1) is 0 Å². The van der Waals surface area contributed by atoms with E-state index in [1.54, 1.807) is 0 Å². The Morgan fingerprint density at radius 2 is 2.25 bits per heavy atom. The van der Waals surface area contributed by atoms with Gasteiger partial charge in [0.2, 0.25) is 0 Å². The van der Waals surface area contributed by atoms with E-state index >= 15 is 0 Å². The van der Waals surface area contributed by atoms with Crippen LogP contribution in [0.3, 0.4) is 0 Å². The summed E-state index contributed by atoms with van der Waals surface area (Å²) in [5, 5.41) is 0. The van der Waals surface area contributed by atoms with E-state index < -0.39 is 0 Å². The van der Waals surface area contributed by atoms with E-state index in [9.17, 15) is 0 Å². The van der Waals surface area contributed by atoms with Crippen molar-refractivity contribution in [2.24, 2.45) is 5.73 Å². The first-order chi connectivity index (χ1) is 5.79. The molecule has 4 heteroatoms. The van der Waals surface area contributed by atoms with Crippen LogP contribution in [0.25, 0.3) is 5.65 Å². The average Bonchev–Trinajstić information content (AvgIpc) is 2.46. The fourth-order valence-electron chi connectivity index (χ4n) is 1.12. The smallest absolute Gasteiger partial charge is 0.137 e. The number of halogens is 1. The van der Waals surface area contributed by atoms with Crippen molar-refractivity contribution in [2.45, 2.75) is 6.54 Å². The Balaban J connectivity index is 2.67. The molecule has 0 aliphatic rings. The Morgan fingerprint density at radius 1 is 1.42 bits per heavy atom. The van der Waals surface area contributed by atoms with Crippen molar-refractivity contribution >= 4 is 21.6 Å². The third kappa shape index (κ3) is 1.23. The summed E-state index contributed by atoms with van der Waals surface area (Å²) in [5.41, 5.74) is 7.30. The largest absolute Gasteiger partial charge is 0.325 e. The minimum atomic E-state index is 0.485. The lowest BCUT2D eigenvalue weighted by molar-refractivity contribution is 1.01. The van der Waals surface area contributed by atoms with Crippen LogP contribution in [0.15, 0.2) is 29.0 Å². The van der Waals surface area contributed by atoms with Gasteiger partial charge in [0, 0.05) is 23.4 Å². The standard InChI is InChI=1S/C8H8BrN3/c9-6-1-2-8-11-7(3-10)5-12(8)4-6/h1-2,4-5H,3,10H2. The van der Waals surface area contributed by atoms with Crippen LogP contribution >= 0.6 is 15.9 Å². The van der Waals surface area contributed by atoms with Crippen molar-refractivity contribution in [1.29, 1.82) is 0 Å². The minimum Gasteiger partial charge on any atom is -0.325 e. The first-order valence-electron chi connectivity index (χ1n) is 3.63. The van der Waals surface area contributed by atoms with Crippen LogP contribution in [0, 0.1) is 0 Å². The second-order valence-corrected chi connectivity index (χ2v) is 3.46. The van der Waals surface area contributed by atoms with E-state index in [1.807, 2.05) is 28.9 Å². The molecule has 0 unspecified atom stereocenters. The number of rotatable bonds is 1. The number of pyridine rings is 1. The molecular formula is C8H8BrN3. The van der Waals surface area contributed by atoms with Gasteiger partial charge in [0.05, 0.1) is 5.69 Å². The van der Waals surface area contributed by atoms with E-state index in [2.05, 4.69) is 20.9 Å². The zero-order valence-corrected chi connectivity index (χ0v) is 7.95. The number of aromatic nitrogens is 2. The van der Waals surface area contributed by atoms with E-state index in [1.165, 1.54) is 0 Å². The minimum absolute atomic E-state index is 0.485. The second kappa shape index (κ2) is 2.88. The molecule has 2 rings (SSSR count). The first kappa shape index (κ1) is 7.76. The summed E-state index contributed by atoms with van der Waals surface area (Å²) in [4.78, 5) is 4.29. The number of hydrogen-bond donors (Lipinski definition) is 1. The summed E-state index contributed by atoms with van der Waals surface area (Å²) in [6.45, 7) is 0.485. The lowest BCUT2D eigenvalue weighted by Crippen LogP contribution is -1.95. The van der Waals surface area contributed by atoms with E-state index in [4.69, 9.17) is 5.73 Å². The average molecular weight is 226 g/mol. The Bertz CT molecular complexity index is 408. The fourth-order valence-corrected chi connectivity index (χ4v) is 1.47. The van der Waals surface area contributed by atoms with Gasteiger partial charge >= 0.3 is 0 Å². The number of imidazole rings is 1. The molecule has 0 atom stereocenters. The number of hydrogen-bond acceptors (Lipinski definition) is 2. The summed E-state index contributed by atoms with van der Waals surface area (Å²) in [5.74, 6) is 0. The Hall–Kier alpha value is -0.870. The van der Waals surface area contributed by atoms with Crippen molar-refractivity contribution < 1.29 is 0 Å². The van der Waals surface area contributed by atoms with Crippen LogP contribution in [-0.2, 0) is 6.54 Å². The molecule has 0 radical (unpaired) electrons. The molecule has 0 amide bonds. The summed E-state index contributed by atoms with van der Waals surface area (Å²) in [6.07, 6.45) is 3.89. The zero-order chi connectivity index (χ0) is 8.55. The van der Waals surface area contributed by atoms with Crippen molar-refractivity contribution in [2.75, 3.05) is 0 Å². The predicted molar refractivity (Wildman–Crippen MR) is 50.8 cm³/mol. The van der Waals surface area contributed by atoms with Gasteiger partial charge in [0.1, 0.15) is 5.65 Å². The molecule has 0 saturated heterocycles. The van der Waals surface area contributed by atoms with Crippen LogP contribution in [-0.4, -0.2) is 9.38 Å². The lowest BCUT2D eigenvalue weighted by Gasteiger charge is -1.91. The summed E-state index contributed by atoms with van der Waals surface area (Å²) < 4.78 is 2.99. The molecule has 0 aromatic carbocycles. The van der Waals surface area contributed by atoms with Gasteiger partial charge in [-0.2, -0.15) is 0 Å². The highest BCUT2D eigenvalue weighted by molar-refractivity contribution is 9.10. The van der Waals surface area contributed by atoms with Crippen molar-refractivity contribution in [1.82, 2.24) is 9.38 Å². The molecule has 0 aliphatic carbocycles. The van der Waals surface area contributed by atoms with E-state index in [0.717, 1.165) is 15.8 Å². The third-order valence-corrected chi connectivity index (χ3v) is 2.14. The number of nitrogens with zero attached hydrogens (tertiary/aromatic N) is 2. The predicted octanol–water partition coefficient (Wildman–Crippen LogP) is 1.56. The number of fused-ring (bicyclic) bond motifs is 1. The molecule has 2 heterocycles. The molecule has 0 spiro atoms. The van der Waals surface area contributed by atoms with Crippen LogP contribution in [0.5, 0.6) is 0 Å². The van der Waals surface area contributed by atoms with Crippen molar-refractivity contribution in [3.8, 4) is 0 Å². The first-order valence-corrected chi connectivity index (χ1v) is 4.42. The van der Waals surface area contributed by atoms with Gasteiger partial charge in [-0.1, -0.05) is 0 Å². The molecule has 12 heavy (non-hydrogen) atoms. The van der Waals surface area contributed by atoms with Gasteiger partial charge in [-0.3, -0.25) is 0 Å². The summed E-state index contributed by atoms with van der Waals surface area (Å²) in [7, 11) is 0. The van der Waals surface area contributed by atoms with Crippen LogP contribution in [0.1, 0.15) is 5.69 Å². The van der Waals surface area contributed by atoms with Gasteiger partial charge in [0.25, 0.3) is 0 Å². The highest BCUT2D eigenvalue weighted by Gasteiger charge is 1.98. The molecule has 0 fully saturated rings. The molecular weight excluding hydrogens is 218 g/mol. The maximum absolute atomic E-state index is 5.46. The Labute approximate surface area is 78.3 Å². The monoisotopic (exact) mass is 225 g/mol. The van der Waals surface area contributed by atoms with Crippen LogP contribution in [0.2, 0.25) is 0 Å².